The van der Waals surface area contributed by atoms with Crippen LogP contribution >= 0.6 is 11.3 Å². The minimum atomic E-state index is 0.869. The van der Waals surface area contributed by atoms with Crippen LogP contribution in [-0.4, -0.2) is 34.5 Å². The van der Waals surface area contributed by atoms with Crippen molar-refractivity contribution in [3.63, 3.8) is 0 Å². The van der Waals surface area contributed by atoms with Crippen molar-refractivity contribution in [3.05, 3.63) is 46.1 Å². The zero-order valence-electron chi connectivity index (χ0n) is 15.5. The van der Waals surface area contributed by atoms with Crippen molar-refractivity contribution in [3.8, 4) is 0 Å². The highest BCUT2D eigenvalue weighted by molar-refractivity contribution is 7.18. The van der Waals surface area contributed by atoms with Crippen molar-refractivity contribution in [1.29, 1.82) is 0 Å². The standard InChI is InChI=1S/C21H24N4S/c1-14-15(2)26-21-19(14)20(22-18(23-21)13-24-10-5-6-11-24)25-12-9-16-7-3-4-8-17(16)25/h3-4,7-8H,5-6,9-13H2,1-2H3. The van der Waals surface area contributed by atoms with Crippen LogP contribution in [0.1, 0.15) is 34.7 Å². The fourth-order valence-corrected chi connectivity index (χ4v) is 5.28. The lowest BCUT2D eigenvalue weighted by Gasteiger charge is -2.21. The molecule has 5 rings (SSSR count). The summed E-state index contributed by atoms with van der Waals surface area (Å²) in [5.41, 5.74) is 4.06. The van der Waals surface area contributed by atoms with Crippen LogP contribution in [0.4, 0.5) is 11.5 Å². The second-order valence-corrected chi connectivity index (χ2v) is 8.64. The van der Waals surface area contributed by atoms with Crippen LogP contribution in [0.5, 0.6) is 0 Å². The largest absolute Gasteiger partial charge is 0.325 e. The number of thiophene rings is 1. The monoisotopic (exact) mass is 364 g/mol. The van der Waals surface area contributed by atoms with Gasteiger partial charge in [-0.3, -0.25) is 4.90 Å². The lowest BCUT2D eigenvalue weighted by atomic mass is 10.1. The predicted molar refractivity (Wildman–Crippen MR) is 109 cm³/mol. The third kappa shape index (κ3) is 2.61. The molecule has 134 valence electrons. The lowest BCUT2D eigenvalue weighted by Crippen LogP contribution is -2.22. The maximum atomic E-state index is 5.10. The first-order valence-electron chi connectivity index (χ1n) is 9.55. The number of nitrogens with zero attached hydrogens (tertiary/aromatic N) is 4. The second-order valence-electron chi connectivity index (χ2n) is 7.44. The van der Waals surface area contributed by atoms with Crippen molar-refractivity contribution in [2.24, 2.45) is 0 Å². The minimum absolute atomic E-state index is 0.869. The molecule has 0 unspecified atom stereocenters. The van der Waals surface area contributed by atoms with E-state index in [0.717, 1.165) is 36.0 Å². The van der Waals surface area contributed by atoms with E-state index < -0.39 is 0 Å². The summed E-state index contributed by atoms with van der Waals surface area (Å²) >= 11 is 1.81. The third-order valence-corrected chi connectivity index (χ3v) is 6.86. The van der Waals surface area contributed by atoms with Gasteiger partial charge in [-0.15, -0.1) is 11.3 Å². The Kier molecular flexibility index (Phi) is 3.94. The molecule has 1 aromatic carbocycles. The Morgan fingerprint density at radius 2 is 1.85 bits per heavy atom. The molecule has 0 bridgehead atoms. The van der Waals surface area contributed by atoms with Gasteiger partial charge in [-0.05, 0) is 63.4 Å². The average molecular weight is 365 g/mol. The molecule has 0 aliphatic carbocycles. The molecule has 0 atom stereocenters. The van der Waals surface area contributed by atoms with Crippen LogP contribution in [0, 0.1) is 13.8 Å². The highest BCUT2D eigenvalue weighted by atomic mass is 32.1. The summed E-state index contributed by atoms with van der Waals surface area (Å²) in [5, 5.41) is 1.24. The molecule has 0 N–H and O–H groups in total. The molecule has 1 saturated heterocycles. The first kappa shape index (κ1) is 16.2. The van der Waals surface area contributed by atoms with Gasteiger partial charge in [0.2, 0.25) is 0 Å². The molecule has 26 heavy (non-hydrogen) atoms. The Morgan fingerprint density at radius 3 is 2.69 bits per heavy atom. The summed E-state index contributed by atoms with van der Waals surface area (Å²) in [5.74, 6) is 2.08. The van der Waals surface area contributed by atoms with Crippen LogP contribution in [0.2, 0.25) is 0 Å². The Balaban J connectivity index is 1.65. The fraction of sp³-hybridized carbons (Fsp3) is 0.429. The molecule has 1 fully saturated rings. The highest BCUT2D eigenvalue weighted by Gasteiger charge is 2.26. The summed E-state index contributed by atoms with van der Waals surface area (Å²) in [7, 11) is 0. The molecule has 3 aromatic rings. The van der Waals surface area contributed by atoms with Gasteiger partial charge in [0.15, 0.2) is 0 Å². The van der Waals surface area contributed by atoms with Crippen molar-refractivity contribution in [2.75, 3.05) is 24.5 Å². The summed E-state index contributed by atoms with van der Waals surface area (Å²) < 4.78 is 0. The van der Waals surface area contributed by atoms with Crippen LogP contribution in [0.15, 0.2) is 24.3 Å². The van der Waals surface area contributed by atoms with Crippen molar-refractivity contribution in [1.82, 2.24) is 14.9 Å². The molecule has 2 aliphatic heterocycles. The quantitative estimate of drug-likeness (QED) is 0.680. The second kappa shape index (κ2) is 6.32. The number of fused-ring (bicyclic) bond motifs is 2. The van der Waals surface area contributed by atoms with Gasteiger partial charge in [0.25, 0.3) is 0 Å². The summed E-state index contributed by atoms with van der Waals surface area (Å²) in [4.78, 5) is 17.4. The number of anilines is 2. The van der Waals surface area contributed by atoms with Gasteiger partial charge in [-0.2, -0.15) is 0 Å². The predicted octanol–water partition coefficient (Wildman–Crippen LogP) is 4.60. The third-order valence-electron chi connectivity index (χ3n) is 5.76. The Hall–Kier alpha value is -1.98. The molecule has 0 amide bonds. The van der Waals surface area contributed by atoms with E-state index in [1.165, 1.54) is 53.0 Å². The molecular weight excluding hydrogens is 340 g/mol. The summed E-state index contributed by atoms with van der Waals surface area (Å²) in [6, 6.07) is 8.73. The maximum absolute atomic E-state index is 5.10. The number of hydrogen-bond acceptors (Lipinski definition) is 5. The molecule has 4 nitrogen and oxygen atoms in total. The van der Waals surface area contributed by atoms with Gasteiger partial charge >= 0.3 is 0 Å². The maximum Gasteiger partial charge on any atom is 0.146 e. The van der Waals surface area contributed by atoms with Crippen molar-refractivity contribution < 1.29 is 0 Å². The summed E-state index contributed by atoms with van der Waals surface area (Å²) in [6.45, 7) is 8.63. The minimum Gasteiger partial charge on any atom is -0.325 e. The number of benzene rings is 1. The van der Waals surface area contributed by atoms with Crippen LogP contribution < -0.4 is 4.90 Å². The van der Waals surface area contributed by atoms with Crippen LogP contribution in [-0.2, 0) is 13.0 Å². The van der Waals surface area contributed by atoms with E-state index in [-0.39, 0.29) is 0 Å². The van der Waals surface area contributed by atoms with Gasteiger partial charge < -0.3 is 4.90 Å². The Bertz CT molecular complexity index is 972. The van der Waals surface area contributed by atoms with Crippen LogP contribution in [0.25, 0.3) is 10.2 Å². The first-order valence-corrected chi connectivity index (χ1v) is 10.4. The molecule has 0 saturated carbocycles. The molecule has 4 heterocycles. The number of hydrogen-bond donors (Lipinski definition) is 0. The van der Waals surface area contributed by atoms with Gasteiger partial charge in [-0.1, -0.05) is 18.2 Å². The fourth-order valence-electron chi connectivity index (χ4n) is 4.24. The van der Waals surface area contributed by atoms with E-state index in [4.69, 9.17) is 9.97 Å². The topological polar surface area (TPSA) is 32.3 Å². The van der Waals surface area contributed by atoms with E-state index in [0.29, 0.717) is 0 Å². The Labute approximate surface area is 158 Å². The highest BCUT2D eigenvalue weighted by Crippen LogP contribution is 2.40. The average Bonchev–Trinajstić information content (AvgIpc) is 3.35. The van der Waals surface area contributed by atoms with E-state index in [1.807, 2.05) is 11.3 Å². The van der Waals surface area contributed by atoms with Crippen molar-refractivity contribution >= 4 is 33.1 Å². The van der Waals surface area contributed by atoms with E-state index >= 15 is 0 Å². The molecule has 2 aliphatic rings. The smallest absolute Gasteiger partial charge is 0.146 e. The summed E-state index contributed by atoms with van der Waals surface area (Å²) in [6.07, 6.45) is 3.68. The molecule has 5 heteroatoms. The van der Waals surface area contributed by atoms with E-state index in [1.54, 1.807) is 0 Å². The van der Waals surface area contributed by atoms with E-state index in [9.17, 15) is 0 Å². The number of aromatic nitrogens is 2. The molecule has 0 spiro atoms. The lowest BCUT2D eigenvalue weighted by molar-refractivity contribution is 0.323. The van der Waals surface area contributed by atoms with Gasteiger partial charge in [0, 0.05) is 17.1 Å². The van der Waals surface area contributed by atoms with Gasteiger partial charge in [0.1, 0.15) is 16.5 Å². The number of likely N-dealkylation sites (tertiary alicyclic amines) is 1. The SMILES string of the molecule is Cc1sc2nc(CN3CCCC3)nc(N3CCc4ccccc43)c2c1C. The molecule has 0 radical (unpaired) electrons. The first-order chi connectivity index (χ1) is 12.7. The number of para-hydroxylation sites is 1. The zero-order valence-corrected chi connectivity index (χ0v) is 16.3. The van der Waals surface area contributed by atoms with Crippen molar-refractivity contribution in [2.45, 2.75) is 39.7 Å². The molecule has 2 aromatic heterocycles. The normalized spacial score (nSPS) is 17.4. The van der Waals surface area contributed by atoms with Gasteiger partial charge in [0.05, 0.1) is 11.9 Å². The Morgan fingerprint density at radius 1 is 1.04 bits per heavy atom. The zero-order chi connectivity index (χ0) is 17.7. The van der Waals surface area contributed by atoms with E-state index in [2.05, 4.69) is 47.9 Å². The number of rotatable bonds is 3. The van der Waals surface area contributed by atoms with Gasteiger partial charge in [-0.25, -0.2) is 9.97 Å². The molecular formula is C21H24N4S. The number of aryl methyl sites for hydroxylation is 2. The van der Waals surface area contributed by atoms with Crippen LogP contribution in [0.3, 0.4) is 0 Å².